The predicted octanol–water partition coefficient (Wildman–Crippen LogP) is 3.69. The molecule has 1 unspecified atom stereocenters. The van der Waals surface area contributed by atoms with Crippen LogP contribution in [0, 0.1) is 0 Å². The topological polar surface area (TPSA) is 80.5 Å². The third-order valence-electron chi connectivity index (χ3n) is 5.33. The van der Waals surface area contributed by atoms with Crippen molar-refractivity contribution in [2.45, 2.75) is 31.7 Å². The first-order valence-electron chi connectivity index (χ1n) is 10.2. The Morgan fingerprint density at radius 1 is 1.27 bits per heavy atom. The molecule has 158 valence electrons. The highest BCUT2D eigenvalue weighted by Gasteiger charge is 2.24. The van der Waals surface area contributed by atoms with Crippen LogP contribution in [0.5, 0.6) is 5.75 Å². The first kappa shape index (κ1) is 20.6. The van der Waals surface area contributed by atoms with E-state index < -0.39 is 0 Å². The van der Waals surface area contributed by atoms with Gasteiger partial charge in [-0.05, 0) is 61.6 Å². The van der Waals surface area contributed by atoms with E-state index in [9.17, 15) is 4.79 Å². The van der Waals surface area contributed by atoms with Crippen LogP contribution in [-0.2, 0) is 11.2 Å². The lowest BCUT2D eigenvalue weighted by Gasteiger charge is -2.26. The monoisotopic (exact) mass is 426 g/mol. The minimum atomic E-state index is -0.0000458. The summed E-state index contributed by atoms with van der Waals surface area (Å²) in [4.78, 5) is 20.6. The van der Waals surface area contributed by atoms with Crippen molar-refractivity contribution in [1.82, 2.24) is 20.4 Å². The molecule has 1 amide bonds. The molecule has 0 spiro atoms. The molecule has 7 nitrogen and oxygen atoms in total. The summed E-state index contributed by atoms with van der Waals surface area (Å²) in [5, 5.41) is 9.20. The Morgan fingerprint density at radius 2 is 2.07 bits per heavy atom. The van der Waals surface area contributed by atoms with E-state index in [0.717, 1.165) is 24.4 Å². The third-order valence-corrected chi connectivity index (χ3v) is 6.30. The summed E-state index contributed by atoms with van der Waals surface area (Å²) in [7, 11) is 1.63. The third kappa shape index (κ3) is 5.06. The zero-order valence-electron chi connectivity index (χ0n) is 17.0. The van der Waals surface area contributed by atoms with Crippen LogP contribution in [-0.4, -0.2) is 47.7 Å². The van der Waals surface area contributed by atoms with Crippen LogP contribution in [0.1, 0.15) is 36.1 Å². The van der Waals surface area contributed by atoms with Gasteiger partial charge in [-0.25, -0.2) is 0 Å². The second kappa shape index (κ2) is 9.86. The minimum absolute atomic E-state index is 0.0000458. The number of methoxy groups -OCH3 is 1. The van der Waals surface area contributed by atoms with Crippen LogP contribution >= 0.6 is 11.3 Å². The maximum Gasteiger partial charge on any atom is 0.227 e. The number of aromatic nitrogens is 2. The van der Waals surface area contributed by atoms with Gasteiger partial charge in [0.25, 0.3) is 0 Å². The molecule has 0 aliphatic carbocycles. The van der Waals surface area contributed by atoms with E-state index in [4.69, 9.17) is 9.26 Å². The van der Waals surface area contributed by atoms with Gasteiger partial charge in [-0.2, -0.15) is 4.98 Å². The molecule has 1 fully saturated rings. The number of carbonyl (C=O) groups excluding carboxylic acids is 1. The molecule has 1 aromatic carbocycles. The normalized spacial score (nSPS) is 15.2. The Bertz CT molecular complexity index is 934. The van der Waals surface area contributed by atoms with Crippen LogP contribution in [0.15, 0.2) is 46.3 Å². The standard InChI is InChI=1S/C22H26N4O3S/c1-28-17-8-6-16(7-9-17)22-24-21(29-25-22)11-10-20(27)23-15-18(19-5-4-14-30-19)26-12-2-3-13-26/h4-9,14,18H,2-3,10-13,15H2,1H3,(H,23,27). The lowest BCUT2D eigenvalue weighted by atomic mass is 10.2. The fourth-order valence-electron chi connectivity index (χ4n) is 3.68. The Balaban J connectivity index is 1.28. The van der Waals surface area contributed by atoms with Gasteiger partial charge in [0, 0.05) is 29.8 Å². The number of nitrogens with zero attached hydrogens (tertiary/aromatic N) is 3. The lowest BCUT2D eigenvalue weighted by Crippen LogP contribution is -2.36. The maximum absolute atomic E-state index is 12.4. The molecule has 8 heteroatoms. The number of benzene rings is 1. The van der Waals surface area contributed by atoms with Crippen LogP contribution in [0.4, 0.5) is 0 Å². The van der Waals surface area contributed by atoms with E-state index in [-0.39, 0.29) is 11.9 Å². The number of hydrogen-bond acceptors (Lipinski definition) is 7. The quantitative estimate of drug-likeness (QED) is 0.562. The second-order valence-corrected chi connectivity index (χ2v) is 8.30. The summed E-state index contributed by atoms with van der Waals surface area (Å²) in [6, 6.07) is 11.9. The first-order chi connectivity index (χ1) is 14.7. The van der Waals surface area contributed by atoms with Crippen molar-refractivity contribution in [2.75, 3.05) is 26.7 Å². The molecule has 1 aliphatic heterocycles. The SMILES string of the molecule is COc1ccc(-c2noc(CCC(=O)NCC(c3cccs3)N3CCCC3)n2)cc1. The van der Waals surface area contributed by atoms with Crippen LogP contribution in [0.25, 0.3) is 11.4 Å². The smallest absolute Gasteiger partial charge is 0.227 e. The molecular formula is C22H26N4O3S. The number of likely N-dealkylation sites (tertiary alicyclic amines) is 1. The van der Waals surface area contributed by atoms with Gasteiger partial charge in [0.05, 0.1) is 13.2 Å². The summed E-state index contributed by atoms with van der Waals surface area (Å²) in [6.07, 6.45) is 3.19. The highest BCUT2D eigenvalue weighted by molar-refractivity contribution is 7.10. The number of amides is 1. The van der Waals surface area contributed by atoms with E-state index in [1.54, 1.807) is 18.4 Å². The lowest BCUT2D eigenvalue weighted by molar-refractivity contribution is -0.121. The largest absolute Gasteiger partial charge is 0.497 e. The van der Waals surface area contributed by atoms with E-state index in [0.29, 0.717) is 31.1 Å². The van der Waals surface area contributed by atoms with Crippen molar-refractivity contribution in [3.8, 4) is 17.1 Å². The number of hydrogen-bond donors (Lipinski definition) is 1. The van der Waals surface area contributed by atoms with Crippen molar-refractivity contribution < 1.29 is 14.1 Å². The van der Waals surface area contributed by atoms with Gasteiger partial charge in [-0.15, -0.1) is 11.3 Å². The fourth-order valence-corrected chi connectivity index (χ4v) is 4.54. The Morgan fingerprint density at radius 3 is 2.77 bits per heavy atom. The molecule has 0 bridgehead atoms. The van der Waals surface area contributed by atoms with Gasteiger partial charge in [0.15, 0.2) is 0 Å². The van der Waals surface area contributed by atoms with Crippen molar-refractivity contribution in [2.24, 2.45) is 0 Å². The van der Waals surface area contributed by atoms with Crippen molar-refractivity contribution in [3.63, 3.8) is 0 Å². The van der Waals surface area contributed by atoms with E-state index in [1.165, 1.54) is 17.7 Å². The molecular weight excluding hydrogens is 400 g/mol. The van der Waals surface area contributed by atoms with Crippen molar-refractivity contribution >= 4 is 17.2 Å². The molecule has 3 aromatic rings. The predicted molar refractivity (Wildman–Crippen MR) is 115 cm³/mol. The highest BCUT2D eigenvalue weighted by atomic mass is 32.1. The minimum Gasteiger partial charge on any atom is -0.497 e. The van der Waals surface area contributed by atoms with Gasteiger partial charge in [-0.3, -0.25) is 9.69 Å². The van der Waals surface area contributed by atoms with Gasteiger partial charge >= 0.3 is 0 Å². The summed E-state index contributed by atoms with van der Waals surface area (Å²) in [5.74, 6) is 1.75. The molecule has 1 saturated heterocycles. The van der Waals surface area contributed by atoms with E-state index >= 15 is 0 Å². The molecule has 1 aliphatic rings. The zero-order valence-corrected chi connectivity index (χ0v) is 17.9. The number of thiophene rings is 1. The van der Waals surface area contributed by atoms with E-state index in [2.05, 4.69) is 37.9 Å². The number of carbonyl (C=O) groups is 1. The fraction of sp³-hybridized carbons (Fsp3) is 0.409. The molecule has 2 aromatic heterocycles. The van der Waals surface area contributed by atoms with Crippen LogP contribution in [0.3, 0.4) is 0 Å². The average molecular weight is 427 g/mol. The van der Waals surface area contributed by atoms with Gasteiger partial charge in [0.1, 0.15) is 5.75 Å². The maximum atomic E-state index is 12.4. The molecule has 1 atom stereocenters. The summed E-state index contributed by atoms with van der Waals surface area (Å²) in [6.45, 7) is 2.81. The zero-order chi connectivity index (χ0) is 20.8. The number of rotatable bonds is 9. The Labute approximate surface area is 180 Å². The molecule has 3 heterocycles. The summed E-state index contributed by atoms with van der Waals surface area (Å²) in [5.41, 5.74) is 0.847. The average Bonchev–Trinajstić information content (AvgIpc) is 3.56. The van der Waals surface area contributed by atoms with Gasteiger partial charge < -0.3 is 14.6 Å². The van der Waals surface area contributed by atoms with Crippen molar-refractivity contribution in [1.29, 1.82) is 0 Å². The molecule has 30 heavy (non-hydrogen) atoms. The van der Waals surface area contributed by atoms with Crippen LogP contribution in [0.2, 0.25) is 0 Å². The number of aryl methyl sites for hydroxylation is 1. The van der Waals surface area contributed by atoms with Crippen molar-refractivity contribution in [3.05, 3.63) is 52.5 Å². The number of nitrogens with one attached hydrogen (secondary N) is 1. The first-order valence-corrected chi connectivity index (χ1v) is 11.1. The summed E-state index contributed by atoms with van der Waals surface area (Å²) >= 11 is 1.75. The van der Waals surface area contributed by atoms with Gasteiger partial charge in [0.2, 0.25) is 17.6 Å². The molecule has 4 rings (SSSR count). The molecule has 1 N–H and O–H groups in total. The van der Waals surface area contributed by atoms with Gasteiger partial charge in [-0.1, -0.05) is 11.2 Å². The van der Waals surface area contributed by atoms with E-state index in [1.807, 2.05) is 24.3 Å². The molecule has 0 radical (unpaired) electrons. The highest BCUT2D eigenvalue weighted by Crippen LogP contribution is 2.28. The number of ether oxygens (including phenoxy) is 1. The molecule has 0 saturated carbocycles. The second-order valence-electron chi connectivity index (χ2n) is 7.32. The Kier molecular flexibility index (Phi) is 6.76. The summed E-state index contributed by atoms with van der Waals surface area (Å²) < 4.78 is 10.5. The Hall–Kier alpha value is -2.71. The van der Waals surface area contributed by atoms with Crippen LogP contribution < -0.4 is 10.1 Å².